The zero-order valence-corrected chi connectivity index (χ0v) is 20.8. The van der Waals surface area contributed by atoms with Crippen molar-refractivity contribution in [3.8, 4) is 5.75 Å². The van der Waals surface area contributed by atoms with Gasteiger partial charge in [0.1, 0.15) is 30.2 Å². The van der Waals surface area contributed by atoms with Crippen LogP contribution in [0.1, 0.15) is 19.6 Å². The van der Waals surface area contributed by atoms with Gasteiger partial charge >= 0.3 is 19.4 Å². The standard InChI is InChI=1S/C23H25FN3O10P/c1-12(22(31)32)26-38(34,36-17-8-4-6-13-5-2-3-7-14(13)17)37-18(11-28)20-16(29)9-19(35-20)27-10-15(24)21(30)25-23(27)33/h2-8,10,12,16,18-20,28-29H,9,11H2,1H3,(H,26,34)(H,31,32)(H,25,30,33)/t12?,16-,18?,19+,20-,38-/m0/s1. The monoisotopic (exact) mass is 553 g/mol. The van der Waals surface area contributed by atoms with Crippen molar-refractivity contribution >= 4 is 24.5 Å². The third kappa shape index (κ3) is 5.85. The van der Waals surface area contributed by atoms with E-state index in [2.05, 4.69) is 5.09 Å². The first kappa shape index (κ1) is 27.6. The van der Waals surface area contributed by atoms with Gasteiger partial charge in [0.2, 0.25) is 5.82 Å². The van der Waals surface area contributed by atoms with Crippen LogP contribution in [0.3, 0.4) is 0 Å². The van der Waals surface area contributed by atoms with Crippen LogP contribution in [0.15, 0.2) is 58.3 Å². The van der Waals surface area contributed by atoms with Crippen LogP contribution < -0.4 is 20.9 Å². The van der Waals surface area contributed by atoms with Crippen molar-refractivity contribution in [1.29, 1.82) is 0 Å². The highest BCUT2D eigenvalue weighted by Crippen LogP contribution is 2.49. The van der Waals surface area contributed by atoms with Crippen LogP contribution in [0, 0.1) is 5.82 Å². The Morgan fingerprint density at radius 3 is 2.71 bits per heavy atom. The maximum absolute atomic E-state index is 13.8. The Bertz CT molecular complexity index is 1490. The highest BCUT2D eigenvalue weighted by Gasteiger charge is 2.45. The third-order valence-electron chi connectivity index (χ3n) is 5.88. The summed E-state index contributed by atoms with van der Waals surface area (Å²) >= 11 is 0. The molecule has 13 nitrogen and oxygen atoms in total. The van der Waals surface area contributed by atoms with Crippen molar-refractivity contribution < 1.29 is 42.9 Å². The average Bonchev–Trinajstić information content (AvgIpc) is 3.26. The Labute approximate surface area is 214 Å². The second kappa shape index (κ2) is 11.2. The van der Waals surface area contributed by atoms with Gasteiger partial charge in [-0.25, -0.2) is 9.36 Å². The lowest BCUT2D eigenvalue weighted by atomic mass is 10.1. The summed E-state index contributed by atoms with van der Waals surface area (Å²) in [6.07, 6.45) is -5.28. The molecule has 38 heavy (non-hydrogen) atoms. The molecule has 2 heterocycles. The van der Waals surface area contributed by atoms with Crippen molar-refractivity contribution in [3.63, 3.8) is 0 Å². The number of benzene rings is 2. The number of carbonyl (C=O) groups is 1. The Balaban J connectivity index is 1.63. The lowest BCUT2D eigenvalue weighted by Gasteiger charge is -2.29. The predicted octanol–water partition coefficient (Wildman–Crippen LogP) is 1.10. The number of nitrogens with zero attached hydrogens (tertiary/aromatic N) is 1. The molecule has 3 aromatic rings. The van der Waals surface area contributed by atoms with Gasteiger partial charge in [-0.3, -0.25) is 23.7 Å². The highest BCUT2D eigenvalue weighted by molar-refractivity contribution is 7.52. The van der Waals surface area contributed by atoms with Crippen molar-refractivity contribution in [1.82, 2.24) is 14.6 Å². The molecule has 1 saturated heterocycles. The molecule has 1 fully saturated rings. The van der Waals surface area contributed by atoms with Crippen LogP contribution in [0.4, 0.5) is 4.39 Å². The summed E-state index contributed by atoms with van der Waals surface area (Å²) in [4.78, 5) is 36.7. The summed E-state index contributed by atoms with van der Waals surface area (Å²) in [6.45, 7) is 0.336. The van der Waals surface area contributed by atoms with E-state index in [1.807, 2.05) is 0 Å². The van der Waals surface area contributed by atoms with E-state index < -0.39 is 68.0 Å². The molecule has 204 valence electrons. The van der Waals surface area contributed by atoms with E-state index >= 15 is 0 Å². The quantitative estimate of drug-likeness (QED) is 0.226. The number of aliphatic carboxylic acids is 1. The van der Waals surface area contributed by atoms with Crippen LogP contribution in [-0.4, -0.2) is 61.8 Å². The van der Waals surface area contributed by atoms with E-state index in [1.165, 1.54) is 13.0 Å². The molecule has 4 rings (SSSR count). The number of rotatable bonds is 10. The van der Waals surface area contributed by atoms with E-state index in [4.69, 9.17) is 13.8 Å². The molecule has 0 bridgehead atoms. The van der Waals surface area contributed by atoms with Crippen molar-refractivity contribution in [2.45, 2.75) is 43.9 Å². The van der Waals surface area contributed by atoms with Gasteiger partial charge in [0, 0.05) is 11.8 Å². The highest BCUT2D eigenvalue weighted by atomic mass is 31.2. The molecule has 6 atom stereocenters. The maximum atomic E-state index is 13.8. The number of hydrogen-bond acceptors (Lipinski definition) is 9. The molecule has 0 saturated carbocycles. The minimum absolute atomic E-state index is 0.0919. The van der Waals surface area contributed by atoms with Crippen LogP contribution in [-0.2, 0) is 18.6 Å². The number of aliphatic hydroxyl groups excluding tert-OH is 2. The largest absolute Gasteiger partial charge is 0.480 e. The third-order valence-corrected chi connectivity index (χ3v) is 7.57. The number of aromatic amines is 1. The number of hydrogen-bond donors (Lipinski definition) is 5. The van der Waals surface area contributed by atoms with Gasteiger partial charge in [0.15, 0.2) is 0 Å². The van der Waals surface area contributed by atoms with Gasteiger partial charge in [-0.15, -0.1) is 0 Å². The van der Waals surface area contributed by atoms with Crippen LogP contribution in [0.2, 0.25) is 0 Å². The van der Waals surface area contributed by atoms with Gasteiger partial charge in [-0.05, 0) is 18.4 Å². The van der Waals surface area contributed by atoms with E-state index in [9.17, 15) is 38.7 Å². The smallest absolute Gasteiger partial charge is 0.459 e. The molecule has 0 amide bonds. The normalized spacial score (nSPS) is 22.6. The molecular formula is C23H25FN3O10P. The lowest BCUT2D eigenvalue weighted by molar-refractivity contribution is -0.138. The lowest BCUT2D eigenvalue weighted by Crippen LogP contribution is -2.42. The first-order valence-corrected chi connectivity index (χ1v) is 13.0. The molecule has 0 radical (unpaired) electrons. The molecule has 1 aliphatic rings. The van der Waals surface area contributed by atoms with Crippen molar-refractivity contribution in [3.05, 3.63) is 75.3 Å². The maximum Gasteiger partial charge on any atom is 0.459 e. The molecule has 15 heteroatoms. The van der Waals surface area contributed by atoms with Gasteiger partial charge in [-0.1, -0.05) is 36.4 Å². The molecule has 2 aromatic carbocycles. The Morgan fingerprint density at radius 1 is 1.29 bits per heavy atom. The molecular weight excluding hydrogens is 528 g/mol. The summed E-state index contributed by atoms with van der Waals surface area (Å²) in [5.74, 6) is -2.54. The molecule has 1 aromatic heterocycles. The minimum atomic E-state index is -4.58. The molecule has 1 aliphatic heterocycles. The van der Waals surface area contributed by atoms with Gasteiger partial charge in [0.25, 0.3) is 5.56 Å². The fraction of sp³-hybridized carbons (Fsp3) is 0.348. The number of ether oxygens (including phenoxy) is 1. The Kier molecular flexibility index (Phi) is 8.11. The number of carboxylic acid groups (broad SMARTS) is 1. The topological polar surface area (TPSA) is 189 Å². The first-order chi connectivity index (χ1) is 18.0. The van der Waals surface area contributed by atoms with Gasteiger partial charge < -0.3 is 24.6 Å². The number of fused-ring (bicyclic) bond motifs is 1. The summed E-state index contributed by atoms with van der Waals surface area (Å²) in [5, 5.41) is 33.6. The summed E-state index contributed by atoms with van der Waals surface area (Å²) in [7, 11) is -4.58. The molecule has 5 N–H and O–H groups in total. The fourth-order valence-corrected chi connectivity index (χ4v) is 5.71. The second-order valence-electron chi connectivity index (χ2n) is 8.58. The van der Waals surface area contributed by atoms with Gasteiger partial charge in [-0.2, -0.15) is 9.48 Å². The summed E-state index contributed by atoms with van der Waals surface area (Å²) < 4.78 is 45.2. The van der Waals surface area contributed by atoms with E-state index in [1.54, 1.807) is 41.4 Å². The average molecular weight is 553 g/mol. The Morgan fingerprint density at radius 2 is 2.00 bits per heavy atom. The first-order valence-electron chi connectivity index (χ1n) is 11.4. The molecule has 0 aliphatic carbocycles. The molecule has 2 unspecified atom stereocenters. The number of carboxylic acids is 1. The SMILES string of the molecule is CC(N[P@](=O)(Oc1cccc2ccccc12)OC(CO)[C@H]1O[C@@H](n2cc(F)c(=O)[nH]c2=O)C[C@@H]1O)C(=O)O. The van der Waals surface area contributed by atoms with Crippen molar-refractivity contribution in [2.75, 3.05) is 6.61 Å². The number of aliphatic hydroxyl groups is 2. The van der Waals surface area contributed by atoms with E-state index in [0.29, 0.717) is 16.2 Å². The predicted molar refractivity (Wildman–Crippen MR) is 130 cm³/mol. The van der Waals surface area contributed by atoms with Crippen LogP contribution in [0.25, 0.3) is 10.8 Å². The zero-order valence-electron chi connectivity index (χ0n) is 19.9. The number of H-pyrrole nitrogens is 1. The van der Waals surface area contributed by atoms with Gasteiger partial charge in [0.05, 0.1) is 18.9 Å². The number of halogens is 1. The Hall–Kier alpha value is -3.39. The second-order valence-corrected chi connectivity index (χ2v) is 10.2. The summed E-state index contributed by atoms with van der Waals surface area (Å²) in [6, 6.07) is 10.5. The van der Waals surface area contributed by atoms with E-state index in [0.717, 1.165) is 5.39 Å². The van der Waals surface area contributed by atoms with Crippen LogP contribution >= 0.6 is 7.75 Å². The fourth-order valence-electron chi connectivity index (χ4n) is 4.01. The zero-order chi connectivity index (χ0) is 27.6. The van der Waals surface area contributed by atoms with Crippen LogP contribution in [0.5, 0.6) is 5.75 Å². The number of nitrogens with one attached hydrogen (secondary N) is 2. The van der Waals surface area contributed by atoms with Crippen molar-refractivity contribution in [2.24, 2.45) is 0 Å². The minimum Gasteiger partial charge on any atom is -0.480 e. The van der Waals surface area contributed by atoms with E-state index in [-0.39, 0.29) is 12.2 Å². The molecule has 0 spiro atoms. The summed E-state index contributed by atoms with van der Waals surface area (Å²) in [5.41, 5.74) is -2.24. The number of aromatic nitrogens is 2.